The largest absolute Gasteiger partial charge is 0.380 e. The summed E-state index contributed by atoms with van der Waals surface area (Å²) in [4.78, 5) is 0. The van der Waals surface area contributed by atoms with Gasteiger partial charge in [0.15, 0.2) is 0 Å². The lowest BCUT2D eigenvalue weighted by molar-refractivity contribution is 0.0895. The third kappa shape index (κ3) is 5.54. The van der Waals surface area contributed by atoms with Crippen molar-refractivity contribution in [1.82, 2.24) is 10.0 Å². The highest BCUT2D eigenvalue weighted by molar-refractivity contribution is 7.89. The van der Waals surface area contributed by atoms with E-state index in [2.05, 4.69) is 10.0 Å². The van der Waals surface area contributed by atoms with Gasteiger partial charge in [-0.05, 0) is 20.9 Å². The van der Waals surface area contributed by atoms with Gasteiger partial charge in [-0.15, -0.1) is 0 Å². The summed E-state index contributed by atoms with van der Waals surface area (Å²) in [5.41, 5.74) is 0. The smallest absolute Gasteiger partial charge is 0.212 e. The maximum absolute atomic E-state index is 11.0. The molecule has 0 aliphatic carbocycles. The minimum absolute atomic E-state index is 0.0762. The molecule has 0 rings (SSSR count). The Hall–Kier alpha value is -0.170. The van der Waals surface area contributed by atoms with Gasteiger partial charge in [-0.1, -0.05) is 0 Å². The maximum Gasteiger partial charge on any atom is 0.212 e. The summed E-state index contributed by atoms with van der Waals surface area (Å²) in [6.07, 6.45) is 0.0762. The van der Waals surface area contributed by atoms with Crippen LogP contribution >= 0.6 is 0 Å². The molecule has 0 radical (unpaired) electrons. The number of methoxy groups -OCH3 is 1. The normalized spacial score (nSPS) is 16.6. The maximum atomic E-state index is 11.0. The third-order valence-corrected chi connectivity index (χ3v) is 3.59. The van der Waals surface area contributed by atoms with Crippen LogP contribution in [0.3, 0.4) is 0 Å². The second-order valence-corrected chi connectivity index (χ2v) is 5.25. The first-order valence-corrected chi connectivity index (χ1v) is 6.25. The zero-order chi connectivity index (χ0) is 11.2. The fraction of sp³-hybridized carbons (Fsp3) is 1.00. The van der Waals surface area contributed by atoms with Crippen molar-refractivity contribution in [2.24, 2.45) is 0 Å². The summed E-state index contributed by atoms with van der Waals surface area (Å²) in [5.74, 6) is 0.0876. The minimum atomic E-state index is -3.10. The van der Waals surface area contributed by atoms with Gasteiger partial charge in [0.1, 0.15) is 0 Å². The van der Waals surface area contributed by atoms with Crippen molar-refractivity contribution in [1.29, 1.82) is 0 Å². The third-order valence-electron chi connectivity index (χ3n) is 2.22. The van der Waals surface area contributed by atoms with E-state index in [1.165, 1.54) is 7.05 Å². The van der Waals surface area contributed by atoms with Crippen LogP contribution < -0.4 is 10.0 Å². The molecule has 0 amide bonds. The van der Waals surface area contributed by atoms with Crippen molar-refractivity contribution in [3.8, 4) is 0 Å². The van der Waals surface area contributed by atoms with Gasteiger partial charge >= 0.3 is 0 Å². The number of sulfonamides is 1. The molecule has 0 spiro atoms. The van der Waals surface area contributed by atoms with Crippen LogP contribution in [0.1, 0.15) is 13.8 Å². The number of hydrogen-bond donors (Lipinski definition) is 2. The molecule has 0 saturated heterocycles. The van der Waals surface area contributed by atoms with Crippen molar-refractivity contribution < 1.29 is 13.2 Å². The summed E-state index contributed by atoms with van der Waals surface area (Å²) in [6.45, 7) is 4.32. The predicted molar refractivity (Wildman–Crippen MR) is 56.8 cm³/mol. The van der Waals surface area contributed by atoms with E-state index in [1.54, 1.807) is 7.11 Å². The van der Waals surface area contributed by atoms with Gasteiger partial charge < -0.3 is 10.1 Å². The van der Waals surface area contributed by atoms with E-state index in [1.807, 2.05) is 13.8 Å². The van der Waals surface area contributed by atoms with Crippen molar-refractivity contribution in [3.05, 3.63) is 0 Å². The zero-order valence-corrected chi connectivity index (χ0v) is 10.0. The van der Waals surface area contributed by atoms with E-state index in [0.29, 0.717) is 6.54 Å². The lowest BCUT2D eigenvalue weighted by Gasteiger charge is -2.19. The van der Waals surface area contributed by atoms with Crippen molar-refractivity contribution in [2.45, 2.75) is 26.0 Å². The first-order chi connectivity index (χ1) is 6.43. The second-order valence-electron chi connectivity index (χ2n) is 3.21. The molecule has 0 aromatic carbocycles. The van der Waals surface area contributed by atoms with Crippen molar-refractivity contribution in [3.63, 3.8) is 0 Å². The molecule has 2 N–H and O–H groups in total. The first-order valence-electron chi connectivity index (χ1n) is 4.60. The Kier molecular flexibility index (Phi) is 6.26. The molecule has 6 heteroatoms. The Balaban J connectivity index is 3.75. The van der Waals surface area contributed by atoms with E-state index >= 15 is 0 Å². The SMILES string of the molecule is CNS(=O)(=O)CCNC(C)C(C)OC. The van der Waals surface area contributed by atoms with Crippen LogP contribution in [0.4, 0.5) is 0 Å². The Morgan fingerprint density at radius 2 is 1.93 bits per heavy atom. The summed E-state index contributed by atoms with van der Waals surface area (Å²) in [7, 11) is -0.0555. The molecule has 0 bridgehead atoms. The highest BCUT2D eigenvalue weighted by Gasteiger charge is 2.12. The average molecular weight is 224 g/mol. The Labute approximate surface area is 86.3 Å². The van der Waals surface area contributed by atoms with Crippen LogP contribution in [0.25, 0.3) is 0 Å². The molecule has 0 saturated carbocycles. The molecule has 0 aromatic rings. The number of nitrogens with one attached hydrogen (secondary N) is 2. The summed E-state index contributed by atoms with van der Waals surface area (Å²) in [6, 6.07) is 0.145. The van der Waals surface area contributed by atoms with Crippen LogP contribution in [-0.4, -0.2) is 47.0 Å². The van der Waals surface area contributed by atoms with Crippen LogP contribution in [0.5, 0.6) is 0 Å². The van der Waals surface area contributed by atoms with E-state index < -0.39 is 10.0 Å². The van der Waals surface area contributed by atoms with Crippen LogP contribution in [-0.2, 0) is 14.8 Å². The number of ether oxygens (including phenoxy) is 1. The highest BCUT2D eigenvalue weighted by atomic mass is 32.2. The van der Waals surface area contributed by atoms with Gasteiger partial charge in [-0.3, -0.25) is 0 Å². The molecule has 86 valence electrons. The Bertz CT molecular complexity index is 241. The van der Waals surface area contributed by atoms with E-state index in [9.17, 15) is 8.42 Å². The topological polar surface area (TPSA) is 67.4 Å². The lowest BCUT2D eigenvalue weighted by Crippen LogP contribution is -2.40. The zero-order valence-electron chi connectivity index (χ0n) is 9.20. The van der Waals surface area contributed by atoms with Crippen molar-refractivity contribution >= 4 is 10.0 Å². The fourth-order valence-corrected chi connectivity index (χ4v) is 1.48. The molecule has 14 heavy (non-hydrogen) atoms. The van der Waals surface area contributed by atoms with Gasteiger partial charge in [0, 0.05) is 19.7 Å². The second kappa shape index (κ2) is 6.34. The molecule has 0 fully saturated rings. The lowest BCUT2D eigenvalue weighted by atomic mass is 10.2. The van der Waals surface area contributed by atoms with Gasteiger partial charge in [-0.25, -0.2) is 13.1 Å². The molecule has 0 aromatic heterocycles. The van der Waals surface area contributed by atoms with Crippen LogP contribution in [0.2, 0.25) is 0 Å². The van der Waals surface area contributed by atoms with Crippen LogP contribution in [0.15, 0.2) is 0 Å². The van der Waals surface area contributed by atoms with Gasteiger partial charge in [0.05, 0.1) is 11.9 Å². The molecular weight excluding hydrogens is 204 g/mol. The van der Waals surface area contributed by atoms with E-state index in [-0.39, 0.29) is 17.9 Å². The standard InChI is InChI=1S/C8H20N2O3S/c1-7(8(2)13-4)10-5-6-14(11,12)9-3/h7-10H,5-6H2,1-4H3. The van der Waals surface area contributed by atoms with Gasteiger partial charge in [0.2, 0.25) is 10.0 Å². The van der Waals surface area contributed by atoms with E-state index in [4.69, 9.17) is 4.74 Å². The quantitative estimate of drug-likeness (QED) is 0.614. The van der Waals surface area contributed by atoms with E-state index in [0.717, 1.165) is 0 Å². The number of rotatable bonds is 7. The summed E-state index contributed by atoms with van der Waals surface area (Å²) >= 11 is 0. The Morgan fingerprint density at radius 3 is 2.36 bits per heavy atom. The average Bonchev–Trinajstić information content (AvgIpc) is 2.16. The molecule has 0 aliphatic heterocycles. The molecule has 0 aliphatic rings. The van der Waals surface area contributed by atoms with Gasteiger partial charge in [0.25, 0.3) is 0 Å². The minimum Gasteiger partial charge on any atom is -0.380 e. The highest BCUT2D eigenvalue weighted by Crippen LogP contribution is 1.95. The molecule has 2 unspecified atom stereocenters. The molecule has 5 nitrogen and oxygen atoms in total. The first kappa shape index (κ1) is 13.8. The number of hydrogen-bond acceptors (Lipinski definition) is 4. The summed E-state index contributed by atoms with van der Waals surface area (Å²) < 4.78 is 29.4. The van der Waals surface area contributed by atoms with Gasteiger partial charge in [-0.2, -0.15) is 0 Å². The fourth-order valence-electron chi connectivity index (χ4n) is 0.893. The van der Waals surface area contributed by atoms with Crippen LogP contribution in [0, 0.1) is 0 Å². The predicted octanol–water partition coefficient (Wildman–Crippen LogP) is -0.451. The summed E-state index contributed by atoms with van der Waals surface area (Å²) in [5, 5.41) is 3.08. The molecule has 0 heterocycles. The Morgan fingerprint density at radius 1 is 1.36 bits per heavy atom. The monoisotopic (exact) mass is 224 g/mol. The molecule has 2 atom stereocenters. The molecular formula is C8H20N2O3S. The van der Waals surface area contributed by atoms with Crippen molar-refractivity contribution in [2.75, 3.05) is 26.5 Å².